The molecular weight excluding hydrogens is 242 g/mol. The van der Waals surface area contributed by atoms with Crippen LogP contribution in [-0.4, -0.2) is 33.4 Å². The first-order valence-corrected chi connectivity index (χ1v) is 6.47. The second kappa shape index (κ2) is 4.97. The Bertz CT molecular complexity index is 568. The summed E-state index contributed by atoms with van der Waals surface area (Å²) in [4.78, 5) is 0. The van der Waals surface area contributed by atoms with E-state index < -0.39 is 0 Å². The van der Waals surface area contributed by atoms with Gasteiger partial charge in [-0.15, -0.1) is 5.10 Å². The van der Waals surface area contributed by atoms with Crippen LogP contribution >= 0.6 is 0 Å². The molecule has 6 heteroatoms. The molecule has 0 saturated heterocycles. The van der Waals surface area contributed by atoms with Gasteiger partial charge in [0.15, 0.2) is 5.82 Å². The highest BCUT2D eigenvalue weighted by Crippen LogP contribution is 2.34. The van der Waals surface area contributed by atoms with Gasteiger partial charge in [0.05, 0.1) is 12.1 Å². The highest BCUT2D eigenvalue weighted by Gasteiger charge is 2.32. The van der Waals surface area contributed by atoms with Crippen molar-refractivity contribution in [3.05, 3.63) is 24.3 Å². The lowest BCUT2D eigenvalue weighted by molar-refractivity contribution is 0.0708. The van der Waals surface area contributed by atoms with E-state index in [4.69, 9.17) is 10.5 Å². The van der Waals surface area contributed by atoms with Crippen LogP contribution in [-0.2, 0) is 4.74 Å². The summed E-state index contributed by atoms with van der Waals surface area (Å²) in [5.74, 6) is 0.715. The average Bonchev–Trinajstić information content (AvgIpc) is 3.07. The number of aromatic nitrogens is 4. The SMILES string of the molecule is COC1CCCC1n1nnnc1-c1ccccc1N. The molecular formula is C13H17N5O. The van der Waals surface area contributed by atoms with E-state index in [1.54, 1.807) is 7.11 Å². The molecule has 2 N–H and O–H groups in total. The summed E-state index contributed by atoms with van der Waals surface area (Å²) < 4.78 is 7.38. The fraction of sp³-hybridized carbons (Fsp3) is 0.462. The number of methoxy groups -OCH3 is 1. The summed E-state index contributed by atoms with van der Waals surface area (Å²) in [6, 6.07) is 7.83. The number of nitrogens with two attached hydrogens (primary N) is 1. The molecule has 1 aliphatic rings. The van der Waals surface area contributed by atoms with Gasteiger partial charge in [-0.1, -0.05) is 12.1 Å². The standard InChI is InChI=1S/C13H17N5O/c1-19-12-8-4-7-11(12)18-13(15-16-17-18)9-5-2-3-6-10(9)14/h2-3,5-6,11-12H,4,7-8,14H2,1H3. The molecule has 6 nitrogen and oxygen atoms in total. The first kappa shape index (κ1) is 12.1. The van der Waals surface area contributed by atoms with Crippen LogP contribution in [0, 0.1) is 0 Å². The summed E-state index contributed by atoms with van der Waals surface area (Å²) in [5, 5.41) is 12.1. The fourth-order valence-corrected chi connectivity index (χ4v) is 2.76. The Morgan fingerprint density at radius 1 is 1.32 bits per heavy atom. The number of rotatable bonds is 3. The number of para-hydroxylation sites is 1. The number of anilines is 1. The zero-order valence-electron chi connectivity index (χ0n) is 10.9. The molecule has 1 aromatic heterocycles. The summed E-state index contributed by atoms with van der Waals surface area (Å²) in [6.45, 7) is 0. The van der Waals surface area contributed by atoms with Gasteiger partial charge in [-0.3, -0.25) is 0 Å². The maximum absolute atomic E-state index is 6.01. The summed E-state index contributed by atoms with van der Waals surface area (Å²) >= 11 is 0. The lowest BCUT2D eigenvalue weighted by Gasteiger charge is -2.19. The van der Waals surface area contributed by atoms with Crippen LogP contribution in [0.2, 0.25) is 0 Å². The van der Waals surface area contributed by atoms with Crippen LogP contribution in [0.25, 0.3) is 11.4 Å². The molecule has 1 aliphatic carbocycles. The second-order valence-corrected chi connectivity index (χ2v) is 4.81. The molecule has 0 radical (unpaired) electrons. The molecule has 1 heterocycles. The molecule has 2 atom stereocenters. The van der Waals surface area contributed by atoms with Crippen molar-refractivity contribution in [3.63, 3.8) is 0 Å². The normalized spacial score (nSPS) is 22.8. The summed E-state index contributed by atoms with van der Waals surface area (Å²) in [6.07, 6.45) is 3.38. The van der Waals surface area contributed by atoms with Gasteiger partial charge in [0.2, 0.25) is 0 Å². The smallest absolute Gasteiger partial charge is 0.184 e. The highest BCUT2D eigenvalue weighted by molar-refractivity contribution is 5.71. The topological polar surface area (TPSA) is 78.8 Å². The number of hydrogen-bond acceptors (Lipinski definition) is 5. The predicted molar refractivity (Wildman–Crippen MR) is 71.4 cm³/mol. The lowest BCUT2D eigenvalue weighted by atomic mass is 10.1. The van der Waals surface area contributed by atoms with E-state index in [2.05, 4.69) is 15.5 Å². The molecule has 19 heavy (non-hydrogen) atoms. The van der Waals surface area contributed by atoms with E-state index in [9.17, 15) is 0 Å². The summed E-state index contributed by atoms with van der Waals surface area (Å²) in [5.41, 5.74) is 7.56. The Morgan fingerprint density at radius 3 is 2.95 bits per heavy atom. The minimum atomic E-state index is 0.173. The Balaban J connectivity index is 2.01. The van der Waals surface area contributed by atoms with Crippen LogP contribution < -0.4 is 5.73 Å². The number of hydrogen-bond donors (Lipinski definition) is 1. The molecule has 0 aliphatic heterocycles. The quantitative estimate of drug-likeness (QED) is 0.848. The van der Waals surface area contributed by atoms with Gasteiger partial charge in [-0.25, -0.2) is 4.68 Å². The number of nitrogens with zero attached hydrogens (tertiary/aromatic N) is 4. The third-order valence-electron chi connectivity index (χ3n) is 3.73. The number of nitrogen functional groups attached to an aromatic ring is 1. The van der Waals surface area contributed by atoms with E-state index in [1.807, 2.05) is 28.9 Å². The van der Waals surface area contributed by atoms with Crippen molar-refractivity contribution in [1.29, 1.82) is 0 Å². The van der Waals surface area contributed by atoms with Crippen molar-refractivity contribution < 1.29 is 4.74 Å². The molecule has 1 fully saturated rings. The Kier molecular flexibility index (Phi) is 3.16. The predicted octanol–water partition coefficient (Wildman–Crippen LogP) is 1.66. The molecule has 2 unspecified atom stereocenters. The largest absolute Gasteiger partial charge is 0.398 e. The number of benzene rings is 1. The van der Waals surface area contributed by atoms with Gasteiger partial charge in [-0.05, 0) is 41.8 Å². The van der Waals surface area contributed by atoms with Crippen molar-refractivity contribution in [2.24, 2.45) is 0 Å². The molecule has 0 bridgehead atoms. The van der Waals surface area contributed by atoms with Crippen molar-refractivity contribution in [1.82, 2.24) is 20.2 Å². The van der Waals surface area contributed by atoms with Gasteiger partial charge in [-0.2, -0.15) is 0 Å². The van der Waals surface area contributed by atoms with Gasteiger partial charge >= 0.3 is 0 Å². The Hall–Kier alpha value is -1.95. The highest BCUT2D eigenvalue weighted by atomic mass is 16.5. The van der Waals surface area contributed by atoms with E-state index in [0.717, 1.165) is 24.8 Å². The van der Waals surface area contributed by atoms with Crippen LogP contribution in [0.3, 0.4) is 0 Å². The Labute approximate surface area is 111 Å². The van der Waals surface area contributed by atoms with Crippen molar-refractivity contribution in [3.8, 4) is 11.4 Å². The zero-order valence-corrected chi connectivity index (χ0v) is 10.9. The van der Waals surface area contributed by atoms with Crippen LogP contribution in [0.15, 0.2) is 24.3 Å². The van der Waals surface area contributed by atoms with Gasteiger partial charge in [0.1, 0.15) is 0 Å². The van der Waals surface area contributed by atoms with Gasteiger partial charge in [0.25, 0.3) is 0 Å². The fourth-order valence-electron chi connectivity index (χ4n) is 2.76. The lowest BCUT2D eigenvalue weighted by Crippen LogP contribution is -2.22. The van der Waals surface area contributed by atoms with Crippen LogP contribution in [0.5, 0.6) is 0 Å². The van der Waals surface area contributed by atoms with Gasteiger partial charge in [0, 0.05) is 18.4 Å². The minimum Gasteiger partial charge on any atom is -0.398 e. The minimum absolute atomic E-state index is 0.173. The monoisotopic (exact) mass is 259 g/mol. The van der Waals surface area contributed by atoms with E-state index in [1.165, 1.54) is 0 Å². The molecule has 3 rings (SSSR count). The van der Waals surface area contributed by atoms with Crippen LogP contribution in [0.1, 0.15) is 25.3 Å². The van der Waals surface area contributed by atoms with Crippen LogP contribution in [0.4, 0.5) is 5.69 Å². The molecule has 1 aromatic carbocycles. The maximum atomic E-state index is 6.01. The molecule has 100 valence electrons. The third kappa shape index (κ3) is 2.08. The average molecular weight is 259 g/mol. The summed E-state index contributed by atoms with van der Waals surface area (Å²) in [7, 11) is 1.74. The van der Waals surface area contributed by atoms with E-state index in [0.29, 0.717) is 11.5 Å². The van der Waals surface area contributed by atoms with Gasteiger partial charge < -0.3 is 10.5 Å². The molecule has 0 amide bonds. The molecule has 1 saturated carbocycles. The molecule has 0 spiro atoms. The van der Waals surface area contributed by atoms with Crippen molar-refractivity contribution >= 4 is 5.69 Å². The Morgan fingerprint density at radius 2 is 2.16 bits per heavy atom. The zero-order chi connectivity index (χ0) is 13.2. The first-order chi connectivity index (χ1) is 9.31. The first-order valence-electron chi connectivity index (χ1n) is 6.47. The number of ether oxygens (including phenoxy) is 1. The molecule has 2 aromatic rings. The van der Waals surface area contributed by atoms with E-state index in [-0.39, 0.29) is 12.1 Å². The second-order valence-electron chi connectivity index (χ2n) is 4.81. The van der Waals surface area contributed by atoms with Crippen molar-refractivity contribution in [2.75, 3.05) is 12.8 Å². The maximum Gasteiger partial charge on any atom is 0.184 e. The van der Waals surface area contributed by atoms with E-state index >= 15 is 0 Å². The van der Waals surface area contributed by atoms with Crippen molar-refractivity contribution in [2.45, 2.75) is 31.4 Å². The number of tetrazole rings is 1. The third-order valence-corrected chi connectivity index (χ3v) is 3.73.